The van der Waals surface area contributed by atoms with E-state index in [9.17, 15) is 19.7 Å². The summed E-state index contributed by atoms with van der Waals surface area (Å²) in [6, 6.07) is 10.2. The number of carbonyl (C=O) groups is 2. The zero-order chi connectivity index (χ0) is 19.8. The highest BCUT2D eigenvalue weighted by Gasteiger charge is 2.10. The van der Waals surface area contributed by atoms with E-state index in [0.717, 1.165) is 17.3 Å². The first-order valence-corrected chi connectivity index (χ1v) is 7.97. The van der Waals surface area contributed by atoms with Crippen molar-refractivity contribution in [1.29, 1.82) is 0 Å². The van der Waals surface area contributed by atoms with Crippen LogP contribution >= 0.6 is 0 Å². The van der Waals surface area contributed by atoms with Crippen LogP contribution in [0, 0.1) is 10.1 Å². The van der Waals surface area contributed by atoms with Gasteiger partial charge in [-0.1, -0.05) is 12.1 Å². The number of rotatable bonds is 8. The summed E-state index contributed by atoms with van der Waals surface area (Å²) in [6.45, 7) is -0.118. The molecular weight excluding hydrogens is 354 g/mol. The van der Waals surface area contributed by atoms with Crippen LogP contribution in [0.3, 0.4) is 0 Å². The average molecular weight is 373 g/mol. The molecule has 0 spiro atoms. The minimum absolute atomic E-state index is 0.129. The van der Waals surface area contributed by atoms with E-state index in [1.807, 2.05) is 43.3 Å². The van der Waals surface area contributed by atoms with Crippen molar-refractivity contribution in [3.05, 3.63) is 63.9 Å². The lowest BCUT2D eigenvalue weighted by molar-refractivity contribution is -0.402. The third-order valence-corrected chi connectivity index (χ3v) is 3.46. The molecule has 9 heteroatoms. The van der Waals surface area contributed by atoms with Gasteiger partial charge in [0, 0.05) is 32.4 Å². The fourth-order valence-corrected chi connectivity index (χ4v) is 2.03. The maximum absolute atomic E-state index is 11.7. The molecule has 0 radical (unpaired) electrons. The minimum atomic E-state index is -0.764. The Morgan fingerprint density at radius 3 is 2.52 bits per heavy atom. The number of nitrogens with zero attached hydrogens (tertiary/aromatic N) is 2. The highest BCUT2D eigenvalue weighted by molar-refractivity contribution is 5.88. The van der Waals surface area contributed by atoms with E-state index < -0.39 is 29.3 Å². The monoisotopic (exact) mass is 373 g/mol. The Morgan fingerprint density at radius 2 is 1.93 bits per heavy atom. The second-order valence-corrected chi connectivity index (χ2v) is 5.71. The summed E-state index contributed by atoms with van der Waals surface area (Å²) in [6.07, 6.45) is 2.25. The van der Waals surface area contributed by atoms with Gasteiger partial charge in [0.25, 0.3) is 5.91 Å². The molecule has 0 saturated heterocycles. The van der Waals surface area contributed by atoms with Gasteiger partial charge in [-0.05, 0) is 29.8 Å². The van der Waals surface area contributed by atoms with Crippen LogP contribution in [0.4, 0.5) is 11.6 Å². The lowest BCUT2D eigenvalue weighted by Gasteiger charge is -2.12. The largest absolute Gasteiger partial charge is 0.452 e. The smallest absolute Gasteiger partial charge is 0.433 e. The molecule has 142 valence electrons. The van der Waals surface area contributed by atoms with Crippen molar-refractivity contribution in [1.82, 2.24) is 5.32 Å². The summed E-state index contributed by atoms with van der Waals surface area (Å²) in [5, 5.41) is 13.1. The van der Waals surface area contributed by atoms with Crippen LogP contribution in [0.5, 0.6) is 0 Å². The summed E-state index contributed by atoms with van der Waals surface area (Å²) >= 11 is 0. The van der Waals surface area contributed by atoms with Crippen LogP contribution in [-0.4, -0.2) is 37.5 Å². The molecule has 0 aliphatic carbocycles. The summed E-state index contributed by atoms with van der Waals surface area (Å²) < 4.78 is 9.65. The van der Waals surface area contributed by atoms with Gasteiger partial charge < -0.3 is 19.4 Å². The van der Waals surface area contributed by atoms with Crippen molar-refractivity contribution >= 4 is 29.5 Å². The lowest BCUT2D eigenvalue weighted by atomic mass is 10.2. The number of hydrogen-bond acceptors (Lipinski definition) is 7. The van der Waals surface area contributed by atoms with E-state index in [-0.39, 0.29) is 5.76 Å². The zero-order valence-corrected chi connectivity index (χ0v) is 14.9. The van der Waals surface area contributed by atoms with Gasteiger partial charge in [-0.3, -0.25) is 14.9 Å². The number of nitro groups is 1. The van der Waals surface area contributed by atoms with E-state index in [1.165, 1.54) is 18.2 Å². The summed E-state index contributed by atoms with van der Waals surface area (Å²) in [7, 11) is 3.87. The van der Waals surface area contributed by atoms with Gasteiger partial charge in [0.2, 0.25) is 0 Å². The topological polar surface area (TPSA) is 115 Å². The Morgan fingerprint density at radius 1 is 1.22 bits per heavy atom. The number of anilines is 1. The fraction of sp³-hybridized carbons (Fsp3) is 0.222. The van der Waals surface area contributed by atoms with Crippen molar-refractivity contribution in [3.63, 3.8) is 0 Å². The number of amides is 1. The summed E-state index contributed by atoms with van der Waals surface area (Å²) in [5.74, 6) is -1.51. The highest BCUT2D eigenvalue weighted by atomic mass is 16.6. The van der Waals surface area contributed by atoms with Crippen molar-refractivity contribution in [3.8, 4) is 0 Å². The maximum atomic E-state index is 11.7. The molecule has 1 aromatic carbocycles. The number of benzene rings is 1. The Balaban J connectivity index is 1.73. The van der Waals surface area contributed by atoms with Gasteiger partial charge >= 0.3 is 11.9 Å². The molecule has 0 unspecified atom stereocenters. The molecule has 9 nitrogen and oxygen atoms in total. The van der Waals surface area contributed by atoms with Crippen LogP contribution in [0.25, 0.3) is 6.08 Å². The summed E-state index contributed by atoms with van der Waals surface area (Å²) in [5.41, 5.74) is 1.97. The number of furan rings is 1. The van der Waals surface area contributed by atoms with Crippen LogP contribution in [0.15, 0.2) is 46.9 Å². The van der Waals surface area contributed by atoms with Gasteiger partial charge in [-0.2, -0.15) is 0 Å². The quantitative estimate of drug-likeness (QED) is 0.326. The molecule has 0 aliphatic rings. The third kappa shape index (κ3) is 6.31. The second kappa shape index (κ2) is 9.18. The molecule has 2 aromatic rings. The SMILES string of the molecule is CN(C)c1ccc(CNC(=O)COC(=O)/C=C/c2ccc([N+](=O)[O-])o2)cc1. The first kappa shape index (κ1) is 19.7. The maximum Gasteiger partial charge on any atom is 0.433 e. The first-order valence-electron chi connectivity index (χ1n) is 7.97. The van der Waals surface area contributed by atoms with Gasteiger partial charge in [-0.15, -0.1) is 0 Å². The normalized spacial score (nSPS) is 10.6. The third-order valence-electron chi connectivity index (χ3n) is 3.46. The fourth-order valence-electron chi connectivity index (χ4n) is 2.03. The molecule has 0 bridgehead atoms. The van der Waals surface area contributed by atoms with Crippen molar-refractivity contribution in [2.24, 2.45) is 0 Å². The Labute approximate surface area is 155 Å². The molecule has 0 fully saturated rings. The molecule has 1 amide bonds. The second-order valence-electron chi connectivity index (χ2n) is 5.71. The van der Waals surface area contributed by atoms with Crippen LogP contribution < -0.4 is 10.2 Å². The Bertz CT molecular complexity index is 839. The molecule has 0 aliphatic heterocycles. The van der Waals surface area contributed by atoms with E-state index in [2.05, 4.69) is 5.32 Å². The number of carbonyl (C=O) groups excluding carboxylic acids is 2. The molecule has 2 rings (SSSR count). The number of esters is 1. The standard InChI is InChI=1S/C18H19N3O6/c1-20(2)14-5-3-13(4-6-14)11-19-16(22)12-26-18(23)10-8-15-7-9-17(27-15)21(24)25/h3-10H,11-12H2,1-2H3,(H,19,22)/b10-8+. The Kier molecular flexibility index (Phi) is 6.70. The van der Waals surface area contributed by atoms with E-state index in [0.29, 0.717) is 6.54 Å². The van der Waals surface area contributed by atoms with Crippen LogP contribution in [0.2, 0.25) is 0 Å². The number of nitrogens with one attached hydrogen (secondary N) is 1. The number of ether oxygens (including phenoxy) is 1. The minimum Gasteiger partial charge on any atom is -0.452 e. The van der Waals surface area contributed by atoms with E-state index >= 15 is 0 Å². The Hall–Kier alpha value is -3.62. The molecule has 1 heterocycles. The average Bonchev–Trinajstić information content (AvgIpc) is 3.12. The van der Waals surface area contributed by atoms with Crippen LogP contribution in [-0.2, 0) is 20.9 Å². The zero-order valence-electron chi connectivity index (χ0n) is 14.9. The predicted octanol–water partition coefficient (Wildman–Crippen LogP) is 2.13. The van der Waals surface area contributed by atoms with E-state index in [4.69, 9.17) is 9.15 Å². The first-order chi connectivity index (χ1) is 12.8. The molecule has 1 N–H and O–H groups in total. The van der Waals surface area contributed by atoms with Gasteiger partial charge in [-0.25, -0.2) is 4.79 Å². The van der Waals surface area contributed by atoms with E-state index in [1.54, 1.807) is 0 Å². The van der Waals surface area contributed by atoms with Crippen molar-refractivity contribution < 1.29 is 23.7 Å². The molecule has 0 atom stereocenters. The molecule has 0 saturated carbocycles. The van der Waals surface area contributed by atoms with Crippen LogP contribution in [0.1, 0.15) is 11.3 Å². The van der Waals surface area contributed by atoms with Crippen molar-refractivity contribution in [2.45, 2.75) is 6.54 Å². The number of hydrogen-bond donors (Lipinski definition) is 1. The molecule has 27 heavy (non-hydrogen) atoms. The summed E-state index contributed by atoms with van der Waals surface area (Å²) in [4.78, 5) is 35.1. The van der Waals surface area contributed by atoms with Crippen molar-refractivity contribution in [2.75, 3.05) is 25.6 Å². The van der Waals surface area contributed by atoms with Gasteiger partial charge in [0.1, 0.15) is 10.7 Å². The predicted molar refractivity (Wildman–Crippen MR) is 98.0 cm³/mol. The van der Waals surface area contributed by atoms with Gasteiger partial charge in [0.05, 0.1) is 6.07 Å². The van der Waals surface area contributed by atoms with Gasteiger partial charge in [0.15, 0.2) is 6.61 Å². The lowest BCUT2D eigenvalue weighted by Crippen LogP contribution is -2.28. The highest BCUT2D eigenvalue weighted by Crippen LogP contribution is 2.16. The molecule has 1 aromatic heterocycles. The molecular formula is C18H19N3O6.